The van der Waals surface area contributed by atoms with Gasteiger partial charge in [-0.1, -0.05) is 6.92 Å². The van der Waals surface area contributed by atoms with Crippen molar-refractivity contribution >= 4 is 34.5 Å². The fourth-order valence-electron chi connectivity index (χ4n) is 2.47. The van der Waals surface area contributed by atoms with Crippen LogP contribution in [-0.4, -0.2) is 35.0 Å². The average Bonchev–Trinajstić information content (AvgIpc) is 2.38. The molecule has 1 N–H and O–H groups in total. The maximum atomic E-state index is 12.3. The number of hydrogen-bond acceptors (Lipinski definition) is 2. The first-order chi connectivity index (χ1) is 8.99. The Balaban J connectivity index is 2.06. The molecule has 2 rings (SSSR count). The summed E-state index contributed by atoms with van der Waals surface area (Å²) in [5, 5.41) is 9.08. The number of nitrogens with zero attached hydrogens (tertiary/aromatic N) is 1. The second kappa shape index (κ2) is 5.90. The maximum absolute atomic E-state index is 12.3. The van der Waals surface area contributed by atoms with E-state index in [4.69, 9.17) is 5.11 Å². The largest absolute Gasteiger partial charge is 0.481 e. The average molecular weight is 373 g/mol. The Bertz CT molecular complexity index is 486. The van der Waals surface area contributed by atoms with Crippen molar-refractivity contribution in [1.29, 1.82) is 0 Å². The van der Waals surface area contributed by atoms with Gasteiger partial charge in [0.15, 0.2) is 0 Å². The number of amides is 1. The number of carbonyl (C=O) groups excluding carboxylic acids is 1. The lowest BCUT2D eigenvalue weighted by atomic mass is 9.87. The number of likely N-dealkylation sites (tertiary alicyclic amines) is 1. The molecule has 1 aromatic rings. The molecule has 1 saturated heterocycles. The summed E-state index contributed by atoms with van der Waals surface area (Å²) in [6, 6.07) is 7.44. The lowest BCUT2D eigenvalue weighted by Crippen LogP contribution is -2.45. The molecule has 0 spiro atoms. The highest BCUT2D eigenvalue weighted by Crippen LogP contribution is 2.24. The van der Waals surface area contributed by atoms with Crippen molar-refractivity contribution in [3.8, 4) is 0 Å². The summed E-state index contributed by atoms with van der Waals surface area (Å²) in [6.45, 7) is 2.93. The van der Waals surface area contributed by atoms with E-state index in [9.17, 15) is 9.59 Å². The molecule has 4 nitrogen and oxygen atoms in total. The number of aliphatic carboxylic acids is 1. The Morgan fingerprint density at radius 2 is 1.95 bits per heavy atom. The van der Waals surface area contributed by atoms with Crippen molar-refractivity contribution < 1.29 is 14.7 Å². The molecular formula is C14H16INO3. The summed E-state index contributed by atoms with van der Waals surface area (Å²) < 4.78 is 1.09. The van der Waals surface area contributed by atoms with Gasteiger partial charge >= 0.3 is 5.97 Å². The van der Waals surface area contributed by atoms with Gasteiger partial charge in [0.2, 0.25) is 0 Å². The number of piperidine rings is 1. The van der Waals surface area contributed by atoms with Crippen molar-refractivity contribution in [3.63, 3.8) is 0 Å². The molecule has 2 unspecified atom stereocenters. The van der Waals surface area contributed by atoms with Crippen molar-refractivity contribution in [2.24, 2.45) is 11.8 Å². The first kappa shape index (κ1) is 14.3. The number of carbonyl (C=O) groups is 2. The van der Waals surface area contributed by atoms with Crippen LogP contribution in [0.25, 0.3) is 0 Å². The highest BCUT2D eigenvalue weighted by Gasteiger charge is 2.33. The van der Waals surface area contributed by atoms with Gasteiger partial charge in [-0.15, -0.1) is 0 Å². The molecule has 5 heteroatoms. The van der Waals surface area contributed by atoms with Crippen LogP contribution in [0.4, 0.5) is 0 Å². The number of carboxylic acids is 1. The SMILES string of the molecule is CC1CN(C(=O)c2ccc(I)cc2)CCC1C(=O)O. The molecule has 1 aromatic carbocycles. The van der Waals surface area contributed by atoms with Crippen LogP contribution in [0.5, 0.6) is 0 Å². The maximum Gasteiger partial charge on any atom is 0.306 e. The summed E-state index contributed by atoms with van der Waals surface area (Å²) in [5.74, 6) is -1.10. The second-order valence-electron chi connectivity index (χ2n) is 4.97. The minimum Gasteiger partial charge on any atom is -0.481 e. The molecule has 2 atom stereocenters. The van der Waals surface area contributed by atoms with E-state index in [1.807, 2.05) is 31.2 Å². The second-order valence-corrected chi connectivity index (χ2v) is 6.21. The molecule has 1 amide bonds. The quantitative estimate of drug-likeness (QED) is 0.811. The summed E-state index contributed by atoms with van der Waals surface area (Å²) >= 11 is 2.20. The Hall–Kier alpha value is -1.11. The Morgan fingerprint density at radius 1 is 1.32 bits per heavy atom. The Labute approximate surface area is 125 Å². The first-order valence-corrected chi connectivity index (χ1v) is 7.34. The highest BCUT2D eigenvalue weighted by molar-refractivity contribution is 14.1. The van der Waals surface area contributed by atoms with Gasteiger partial charge in [-0.25, -0.2) is 0 Å². The Morgan fingerprint density at radius 3 is 2.47 bits per heavy atom. The molecule has 0 saturated carbocycles. The molecular weight excluding hydrogens is 357 g/mol. The van der Waals surface area contributed by atoms with Crippen LogP contribution in [0.3, 0.4) is 0 Å². The normalized spacial score (nSPS) is 23.2. The lowest BCUT2D eigenvalue weighted by Gasteiger charge is -2.35. The van der Waals surface area contributed by atoms with Crippen LogP contribution in [0, 0.1) is 15.4 Å². The van der Waals surface area contributed by atoms with Gasteiger partial charge in [0, 0.05) is 22.2 Å². The van der Waals surface area contributed by atoms with Crippen LogP contribution >= 0.6 is 22.6 Å². The summed E-state index contributed by atoms with van der Waals surface area (Å²) in [7, 11) is 0. The minimum absolute atomic E-state index is 0.000881. The van der Waals surface area contributed by atoms with E-state index in [1.54, 1.807) is 4.90 Å². The van der Waals surface area contributed by atoms with Crippen LogP contribution < -0.4 is 0 Å². The molecule has 1 aliphatic rings. The topological polar surface area (TPSA) is 57.6 Å². The number of rotatable bonds is 2. The summed E-state index contributed by atoms with van der Waals surface area (Å²) in [5.41, 5.74) is 0.668. The van der Waals surface area contributed by atoms with E-state index in [0.717, 1.165) is 3.57 Å². The number of halogens is 1. The van der Waals surface area contributed by atoms with E-state index >= 15 is 0 Å². The zero-order valence-corrected chi connectivity index (χ0v) is 12.8. The number of benzene rings is 1. The molecule has 0 aliphatic carbocycles. The third kappa shape index (κ3) is 3.26. The van der Waals surface area contributed by atoms with Crippen molar-refractivity contribution in [2.75, 3.05) is 13.1 Å². The third-order valence-corrected chi connectivity index (χ3v) is 4.32. The van der Waals surface area contributed by atoms with Gasteiger partial charge in [-0.2, -0.15) is 0 Å². The molecule has 0 radical (unpaired) electrons. The first-order valence-electron chi connectivity index (χ1n) is 6.26. The van der Waals surface area contributed by atoms with E-state index in [1.165, 1.54) is 0 Å². The predicted molar refractivity (Wildman–Crippen MR) is 80.0 cm³/mol. The van der Waals surface area contributed by atoms with Gasteiger partial charge in [0.25, 0.3) is 5.91 Å². The van der Waals surface area contributed by atoms with Crippen molar-refractivity contribution in [1.82, 2.24) is 4.90 Å². The summed E-state index contributed by atoms with van der Waals surface area (Å²) in [4.78, 5) is 25.1. The molecule has 0 bridgehead atoms. The van der Waals surface area contributed by atoms with Gasteiger partial charge in [0.1, 0.15) is 0 Å². The molecule has 102 valence electrons. The summed E-state index contributed by atoms with van der Waals surface area (Å²) in [6.07, 6.45) is 0.534. The fourth-order valence-corrected chi connectivity index (χ4v) is 2.83. The molecule has 1 fully saturated rings. The van der Waals surface area contributed by atoms with E-state index in [2.05, 4.69) is 22.6 Å². The lowest BCUT2D eigenvalue weighted by molar-refractivity contribution is -0.145. The Kier molecular flexibility index (Phi) is 4.44. The highest BCUT2D eigenvalue weighted by atomic mass is 127. The number of carboxylic acid groups (broad SMARTS) is 1. The molecule has 1 heterocycles. The fraction of sp³-hybridized carbons (Fsp3) is 0.429. The zero-order chi connectivity index (χ0) is 14.0. The van der Waals surface area contributed by atoms with Crippen molar-refractivity contribution in [2.45, 2.75) is 13.3 Å². The molecule has 19 heavy (non-hydrogen) atoms. The predicted octanol–water partition coefficient (Wildman–Crippen LogP) is 2.47. The standard InChI is InChI=1S/C14H16INO3/c1-9-8-16(7-6-12(9)14(18)19)13(17)10-2-4-11(15)5-3-10/h2-5,9,12H,6-8H2,1H3,(H,18,19). The van der Waals surface area contributed by atoms with E-state index in [0.29, 0.717) is 25.1 Å². The molecule has 1 aliphatic heterocycles. The molecule has 0 aromatic heterocycles. The van der Waals surface area contributed by atoms with Crippen LogP contribution in [0.15, 0.2) is 24.3 Å². The van der Waals surface area contributed by atoms with Crippen LogP contribution in [-0.2, 0) is 4.79 Å². The van der Waals surface area contributed by atoms with Crippen molar-refractivity contribution in [3.05, 3.63) is 33.4 Å². The van der Waals surface area contributed by atoms with Gasteiger partial charge in [0.05, 0.1) is 5.92 Å². The van der Waals surface area contributed by atoms with Gasteiger partial charge < -0.3 is 10.0 Å². The van der Waals surface area contributed by atoms with Gasteiger partial charge in [-0.05, 0) is 59.2 Å². The third-order valence-electron chi connectivity index (χ3n) is 3.60. The van der Waals surface area contributed by atoms with Crippen LogP contribution in [0.1, 0.15) is 23.7 Å². The van der Waals surface area contributed by atoms with Gasteiger partial charge in [-0.3, -0.25) is 9.59 Å². The monoisotopic (exact) mass is 373 g/mol. The number of hydrogen-bond donors (Lipinski definition) is 1. The van der Waals surface area contributed by atoms with Crippen LogP contribution in [0.2, 0.25) is 0 Å². The van der Waals surface area contributed by atoms with E-state index < -0.39 is 5.97 Å². The van der Waals surface area contributed by atoms with E-state index in [-0.39, 0.29) is 17.7 Å². The smallest absolute Gasteiger partial charge is 0.306 e. The zero-order valence-electron chi connectivity index (χ0n) is 10.7. The minimum atomic E-state index is -0.756.